The van der Waals surface area contributed by atoms with Gasteiger partial charge >= 0.3 is 0 Å². The van der Waals surface area contributed by atoms with Crippen LogP contribution in [0.4, 0.5) is 0 Å². The topological polar surface area (TPSA) is 15.3 Å². The summed E-state index contributed by atoms with van der Waals surface area (Å²) >= 11 is 0. The molecule has 0 radical (unpaired) electrons. The second-order valence-electron chi connectivity index (χ2n) is 3.33. The van der Waals surface area contributed by atoms with Crippen molar-refractivity contribution < 1.29 is 0 Å². The Kier molecular flexibility index (Phi) is 4.13. The molecule has 1 atom stereocenters. The molecule has 1 saturated heterocycles. The largest absolute Gasteiger partial charge is 0.312 e. The summed E-state index contributed by atoms with van der Waals surface area (Å²) in [6, 6.07) is 0.647. The minimum absolute atomic E-state index is 0.647. The second kappa shape index (κ2) is 5.18. The van der Waals surface area contributed by atoms with Gasteiger partial charge in [0.1, 0.15) is 0 Å². The van der Waals surface area contributed by atoms with Crippen LogP contribution < -0.4 is 5.32 Å². The molecule has 0 aromatic heterocycles. The Morgan fingerprint density at radius 1 is 1.58 bits per heavy atom. The highest BCUT2D eigenvalue weighted by Gasteiger charge is 2.13. The van der Waals surface area contributed by atoms with Crippen molar-refractivity contribution in [1.82, 2.24) is 10.2 Å². The summed E-state index contributed by atoms with van der Waals surface area (Å²) in [4.78, 5) is 2.48. The van der Waals surface area contributed by atoms with Crippen LogP contribution in [0.3, 0.4) is 0 Å². The summed E-state index contributed by atoms with van der Waals surface area (Å²) in [5, 5.41) is 3.42. The third kappa shape index (κ3) is 3.25. The first-order chi connectivity index (χ1) is 5.83. The monoisotopic (exact) mass is 166 g/mol. The normalized spacial score (nSPS) is 24.7. The smallest absolute Gasteiger partial charge is 0.0216 e. The number of nitrogens with zero attached hydrogens (tertiary/aromatic N) is 1. The highest BCUT2D eigenvalue weighted by Crippen LogP contribution is 1.98. The summed E-state index contributed by atoms with van der Waals surface area (Å²) in [6.07, 6.45) is 1.02. The van der Waals surface area contributed by atoms with Crippen LogP contribution in [0.2, 0.25) is 0 Å². The lowest BCUT2D eigenvalue weighted by molar-refractivity contribution is 0.211. The van der Waals surface area contributed by atoms with E-state index < -0.39 is 0 Å². The maximum Gasteiger partial charge on any atom is 0.0216 e. The van der Waals surface area contributed by atoms with E-state index in [2.05, 4.69) is 29.0 Å². The van der Waals surface area contributed by atoms with E-state index in [9.17, 15) is 0 Å². The van der Waals surface area contributed by atoms with Crippen molar-refractivity contribution in [1.29, 1.82) is 0 Å². The molecule has 0 spiro atoms. The molecule has 0 aromatic rings. The molecule has 0 aromatic carbocycles. The lowest BCUT2D eigenvalue weighted by Crippen LogP contribution is -2.49. The second-order valence-corrected chi connectivity index (χ2v) is 3.33. The zero-order valence-corrected chi connectivity index (χ0v) is 8.06. The van der Waals surface area contributed by atoms with Gasteiger partial charge in [-0.05, 0) is 13.8 Å². The van der Waals surface area contributed by atoms with Crippen LogP contribution in [0, 0.1) is 11.8 Å². The van der Waals surface area contributed by atoms with Gasteiger partial charge in [-0.3, -0.25) is 4.90 Å². The van der Waals surface area contributed by atoms with Crippen molar-refractivity contribution in [2.45, 2.75) is 26.3 Å². The van der Waals surface area contributed by atoms with Crippen LogP contribution in [-0.2, 0) is 0 Å². The van der Waals surface area contributed by atoms with Gasteiger partial charge in [0.15, 0.2) is 0 Å². The molecule has 1 heterocycles. The van der Waals surface area contributed by atoms with Gasteiger partial charge in [-0.2, -0.15) is 0 Å². The Hall–Kier alpha value is -0.520. The quantitative estimate of drug-likeness (QED) is 0.607. The van der Waals surface area contributed by atoms with E-state index in [1.165, 1.54) is 13.1 Å². The van der Waals surface area contributed by atoms with Gasteiger partial charge in [-0.1, -0.05) is 0 Å². The molecular formula is C10H18N2. The van der Waals surface area contributed by atoms with E-state index in [4.69, 9.17) is 0 Å². The van der Waals surface area contributed by atoms with Crippen LogP contribution in [0.15, 0.2) is 0 Å². The fourth-order valence-corrected chi connectivity index (χ4v) is 1.55. The molecule has 1 aliphatic heterocycles. The molecule has 0 saturated carbocycles. The van der Waals surface area contributed by atoms with Gasteiger partial charge < -0.3 is 5.32 Å². The summed E-state index contributed by atoms with van der Waals surface area (Å²) in [6.45, 7) is 8.74. The maximum absolute atomic E-state index is 3.42. The van der Waals surface area contributed by atoms with Gasteiger partial charge in [0, 0.05) is 38.6 Å². The Balaban J connectivity index is 2.17. The fourth-order valence-electron chi connectivity index (χ4n) is 1.55. The fraction of sp³-hybridized carbons (Fsp3) is 0.800. The van der Waals surface area contributed by atoms with E-state index >= 15 is 0 Å². The molecule has 1 rings (SSSR count). The van der Waals surface area contributed by atoms with Crippen LogP contribution in [0.5, 0.6) is 0 Å². The molecule has 1 unspecified atom stereocenters. The minimum Gasteiger partial charge on any atom is -0.312 e. The Morgan fingerprint density at radius 2 is 2.42 bits per heavy atom. The third-order valence-electron chi connectivity index (χ3n) is 2.18. The van der Waals surface area contributed by atoms with Crippen molar-refractivity contribution in [3.63, 3.8) is 0 Å². The van der Waals surface area contributed by atoms with Gasteiger partial charge in [0.25, 0.3) is 0 Å². The Labute approximate surface area is 75.3 Å². The molecule has 0 amide bonds. The summed E-state index contributed by atoms with van der Waals surface area (Å²) in [5.41, 5.74) is 0. The lowest BCUT2D eigenvalue weighted by Gasteiger charge is -2.31. The van der Waals surface area contributed by atoms with Gasteiger partial charge in [-0.15, -0.1) is 11.8 Å². The van der Waals surface area contributed by atoms with Crippen LogP contribution in [0.1, 0.15) is 20.3 Å². The Bertz CT molecular complexity index is 178. The number of hydrogen-bond donors (Lipinski definition) is 1. The van der Waals surface area contributed by atoms with E-state index in [0.717, 1.165) is 19.5 Å². The van der Waals surface area contributed by atoms with E-state index in [1.807, 2.05) is 6.92 Å². The molecule has 68 valence electrons. The number of hydrogen-bond acceptors (Lipinski definition) is 2. The van der Waals surface area contributed by atoms with Crippen molar-refractivity contribution in [3.05, 3.63) is 0 Å². The first kappa shape index (κ1) is 9.57. The lowest BCUT2D eigenvalue weighted by atomic mass is 10.2. The zero-order valence-electron chi connectivity index (χ0n) is 8.06. The number of nitrogens with one attached hydrogen (secondary N) is 1. The zero-order chi connectivity index (χ0) is 8.81. The molecule has 1 N–H and O–H groups in total. The highest BCUT2D eigenvalue weighted by atomic mass is 15.2. The average Bonchev–Trinajstić information content (AvgIpc) is 2.05. The molecule has 12 heavy (non-hydrogen) atoms. The molecule has 2 nitrogen and oxygen atoms in total. The number of piperazine rings is 1. The molecular weight excluding hydrogens is 148 g/mol. The van der Waals surface area contributed by atoms with E-state index in [0.29, 0.717) is 6.04 Å². The predicted molar refractivity (Wildman–Crippen MR) is 52.0 cm³/mol. The first-order valence-electron chi connectivity index (χ1n) is 4.68. The van der Waals surface area contributed by atoms with Gasteiger partial charge in [0.05, 0.1) is 0 Å². The standard InChI is InChI=1S/C10H18N2/c1-3-4-5-7-12-8-6-11-10(2)9-12/h10-11H,5-9H2,1-2H3. The van der Waals surface area contributed by atoms with Gasteiger partial charge in [0.2, 0.25) is 0 Å². The highest BCUT2D eigenvalue weighted by molar-refractivity contribution is 4.95. The Morgan fingerprint density at radius 3 is 3.08 bits per heavy atom. The maximum atomic E-state index is 3.42. The first-order valence-corrected chi connectivity index (χ1v) is 4.68. The summed E-state index contributed by atoms with van der Waals surface area (Å²) in [7, 11) is 0. The van der Waals surface area contributed by atoms with Gasteiger partial charge in [-0.25, -0.2) is 0 Å². The van der Waals surface area contributed by atoms with Crippen molar-refractivity contribution >= 4 is 0 Å². The van der Waals surface area contributed by atoms with E-state index in [1.54, 1.807) is 0 Å². The molecule has 1 aliphatic rings. The van der Waals surface area contributed by atoms with Crippen LogP contribution in [-0.4, -0.2) is 37.1 Å². The average molecular weight is 166 g/mol. The molecule has 1 fully saturated rings. The number of rotatable bonds is 2. The predicted octanol–water partition coefficient (Wildman–Crippen LogP) is 0.694. The molecule has 2 heteroatoms. The van der Waals surface area contributed by atoms with Crippen molar-refractivity contribution in [2.75, 3.05) is 26.2 Å². The van der Waals surface area contributed by atoms with Crippen molar-refractivity contribution in [2.24, 2.45) is 0 Å². The van der Waals surface area contributed by atoms with Crippen molar-refractivity contribution in [3.8, 4) is 11.8 Å². The van der Waals surface area contributed by atoms with Crippen LogP contribution in [0.25, 0.3) is 0 Å². The SMILES string of the molecule is CC#CCCN1CCNC(C)C1. The third-order valence-corrected chi connectivity index (χ3v) is 2.18. The molecule has 0 bridgehead atoms. The minimum atomic E-state index is 0.647. The molecule has 0 aliphatic carbocycles. The summed E-state index contributed by atoms with van der Waals surface area (Å²) < 4.78 is 0. The van der Waals surface area contributed by atoms with Crippen LogP contribution >= 0.6 is 0 Å². The summed E-state index contributed by atoms with van der Waals surface area (Å²) in [5.74, 6) is 6.02. The van der Waals surface area contributed by atoms with E-state index in [-0.39, 0.29) is 0 Å².